The van der Waals surface area contributed by atoms with Gasteiger partial charge in [0.25, 0.3) is 0 Å². The Bertz CT molecular complexity index is 663. The highest BCUT2D eigenvalue weighted by Gasteiger charge is 2.29. The largest absolute Gasteiger partial charge is 0.448 e. The van der Waals surface area contributed by atoms with Crippen LogP contribution in [0.2, 0.25) is 0 Å². The Kier molecular flexibility index (Phi) is 4.37. The molecule has 0 atom stereocenters. The van der Waals surface area contributed by atoms with Crippen LogP contribution in [-0.4, -0.2) is 31.2 Å². The number of fused-ring (bicyclic) bond motifs is 3. The van der Waals surface area contributed by atoms with Crippen LogP contribution in [0.5, 0.6) is 0 Å². The third-order valence-corrected chi connectivity index (χ3v) is 4.29. The van der Waals surface area contributed by atoms with Gasteiger partial charge in [-0.05, 0) is 28.2 Å². The molecule has 0 aliphatic heterocycles. The second kappa shape index (κ2) is 6.45. The lowest BCUT2D eigenvalue weighted by Crippen LogP contribution is -2.31. The molecule has 0 N–H and O–H groups in total. The highest BCUT2D eigenvalue weighted by Crippen LogP contribution is 2.44. The van der Waals surface area contributed by atoms with Crippen LogP contribution in [0.15, 0.2) is 48.5 Å². The Morgan fingerprint density at radius 1 is 1.04 bits per heavy atom. The molecule has 1 aliphatic carbocycles. The normalized spacial score (nSPS) is 12.9. The van der Waals surface area contributed by atoms with E-state index in [2.05, 4.69) is 50.2 Å². The van der Waals surface area contributed by atoms with Gasteiger partial charge in [-0.25, -0.2) is 4.79 Å². The standard InChI is InChI=1S/C20H23NO2/c1-14(2)12-21(3)20(22)23-13-19-17-10-6-4-8-15(17)16-9-5-7-11-18(16)19/h4-11,14,19H,12-13H2,1-3H3. The molecule has 0 bridgehead atoms. The molecule has 120 valence electrons. The van der Waals surface area contributed by atoms with Gasteiger partial charge in [-0.1, -0.05) is 62.4 Å². The first-order valence-corrected chi connectivity index (χ1v) is 8.14. The molecule has 0 radical (unpaired) electrons. The maximum Gasteiger partial charge on any atom is 0.409 e. The second-order valence-corrected chi connectivity index (χ2v) is 6.58. The lowest BCUT2D eigenvalue weighted by molar-refractivity contribution is 0.105. The van der Waals surface area contributed by atoms with E-state index in [0.717, 1.165) is 0 Å². The minimum Gasteiger partial charge on any atom is -0.448 e. The summed E-state index contributed by atoms with van der Waals surface area (Å²) in [5.74, 6) is 0.555. The zero-order chi connectivity index (χ0) is 16.4. The Morgan fingerprint density at radius 3 is 2.09 bits per heavy atom. The Hall–Kier alpha value is -2.29. The fourth-order valence-corrected chi connectivity index (χ4v) is 3.33. The van der Waals surface area contributed by atoms with Crippen molar-refractivity contribution in [1.82, 2.24) is 4.90 Å². The highest BCUT2D eigenvalue weighted by molar-refractivity contribution is 5.79. The molecule has 23 heavy (non-hydrogen) atoms. The van der Waals surface area contributed by atoms with Crippen molar-refractivity contribution >= 4 is 6.09 Å². The second-order valence-electron chi connectivity index (χ2n) is 6.58. The van der Waals surface area contributed by atoms with Crippen molar-refractivity contribution in [3.63, 3.8) is 0 Å². The van der Waals surface area contributed by atoms with Crippen LogP contribution in [0.4, 0.5) is 4.79 Å². The van der Waals surface area contributed by atoms with Gasteiger partial charge in [0.05, 0.1) is 0 Å². The van der Waals surface area contributed by atoms with Crippen molar-refractivity contribution < 1.29 is 9.53 Å². The van der Waals surface area contributed by atoms with Crippen molar-refractivity contribution in [3.8, 4) is 11.1 Å². The molecule has 3 rings (SSSR count). The summed E-state index contributed by atoms with van der Waals surface area (Å²) in [5, 5.41) is 0. The number of hydrogen-bond acceptors (Lipinski definition) is 2. The third-order valence-electron chi connectivity index (χ3n) is 4.29. The molecule has 3 heteroatoms. The first-order chi connectivity index (χ1) is 11.1. The van der Waals surface area contributed by atoms with Gasteiger partial charge in [-0.3, -0.25) is 0 Å². The minimum atomic E-state index is -0.249. The lowest BCUT2D eigenvalue weighted by Gasteiger charge is -2.21. The number of amides is 1. The first kappa shape index (κ1) is 15.6. The molecule has 0 fully saturated rings. The predicted octanol–water partition coefficient (Wildman–Crippen LogP) is 4.52. The molecular weight excluding hydrogens is 286 g/mol. The van der Waals surface area contributed by atoms with Crippen LogP contribution in [-0.2, 0) is 4.74 Å². The summed E-state index contributed by atoms with van der Waals surface area (Å²) in [6.45, 7) is 5.27. The summed E-state index contributed by atoms with van der Waals surface area (Å²) < 4.78 is 5.59. The van der Waals surface area contributed by atoms with Gasteiger partial charge in [-0.2, -0.15) is 0 Å². The van der Waals surface area contributed by atoms with E-state index in [4.69, 9.17) is 4.74 Å². The molecular formula is C20H23NO2. The Labute approximate surface area is 137 Å². The highest BCUT2D eigenvalue weighted by atomic mass is 16.6. The lowest BCUT2D eigenvalue weighted by atomic mass is 9.98. The molecule has 1 aliphatic rings. The van der Waals surface area contributed by atoms with Gasteiger partial charge in [0, 0.05) is 19.5 Å². The van der Waals surface area contributed by atoms with Crippen molar-refractivity contribution in [2.45, 2.75) is 19.8 Å². The summed E-state index contributed by atoms with van der Waals surface area (Å²) in [7, 11) is 1.79. The van der Waals surface area contributed by atoms with E-state index in [1.807, 2.05) is 12.1 Å². The molecule has 0 heterocycles. The number of hydrogen-bond donors (Lipinski definition) is 0. The van der Waals surface area contributed by atoms with Crippen LogP contribution in [0, 0.1) is 5.92 Å². The first-order valence-electron chi connectivity index (χ1n) is 8.14. The van der Waals surface area contributed by atoms with Gasteiger partial charge in [-0.15, -0.1) is 0 Å². The van der Waals surface area contributed by atoms with Gasteiger partial charge in [0.2, 0.25) is 0 Å². The van der Waals surface area contributed by atoms with E-state index in [0.29, 0.717) is 19.1 Å². The summed E-state index contributed by atoms with van der Waals surface area (Å²) in [4.78, 5) is 13.8. The third kappa shape index (κ3) is 3.09. The van der Waals surface area contributed by atoms with E-state index in [1.165, 1.54) is 22.3 Å². The summed E-state index contributed by atoms with van der Waals surface area (Å²) in [5.41, 5.74) is 4.99. The van der Waals surface area contributed by atoms with Crippen LogP contribution in [0.3, 0.4) is 0 Å². The average molecular weight is 309 g/mol. The Balaban J connectivity index is 1.77. The van der Waals surface area contributed by atoms with Crippen molar-refractivity contribution in [2.75, 3.05) is 20.2 Å². The van der Waals surface area contributed by atoms with Crippen LogP contribution in [0.1, 0.15) is 30.9 Å². The fourth-order valence-electron chi connectivity index (χ4n) is 3.33. The zero-order valence-electron chi connectivity index (χ0n) is 14.0. The summed E-state index contributed by atoms with van der Waals surface area (Å²) >= 11 is 0. The fraction of sp³-hybridized carbons (Fsp3) is 0.350. The van der Waals surface area contributed by atoms with Crippen molar-refractivity contribution in [3.05, 3.63) is 59.7 Å². The number of rotatable bonds is 4. The monoisotopic (exact) mass is 309 g/mol. The van der Waals surface area contributed by atoms with Gasteiger partial charge < -0.3 is 9.64 Å². The molecule has 0 aromatic heterocycles. The number of carbonyl (C=O) groups excluding carboxylic acids is 1. The zero-order valence-corrected chi connectivity index (χ0v) is 14.0. The van der Waals surface area contributed by atoms with Crippen LogP contribution in [0.25, 0.3) is 11.1 Å². The summed E-state index contributed by atoms with van der Waals surface area (Å²) in [6, 6.07) is 16.7. The quantitative estimate of drug-likeness (QED) is 0.831. The minimum absolute atomic E-state index is 0.124. The molecule has 0 saturated heterocycles. The van der Waals surface area contributed by atoms with Crippen LogP contribution < -0.4 is 0 Å². The average Bonchev–Trinajstić information content (AvgIpc) is 2.86. The molecule has 0 spiro atoms. The topological polar surface area (TPSA) is 29.5 Å². The maximum atomic E-state index is 12.2. The van der Waals surface area contributed by atoms with E-state index in [1.54, 1.807) is 11.9 Å². The molecule has 3 nitrogen and oxygen atoms in total. The molecule has 2 aromatic rings. The van der Waals surface area contributed by atoms with Gasteiger partial charge in [0.1, 0.15) is 6.61 Å². The van der Waals surface area contributed by atoms with E-state index < -0.39 is 0 Å². The number of benzene rings is 2. The molecule has 0 unspecified atom stereocenters. The van der Waals surface area contributed by atoms with Crippen molar-refractivity contribution in [2.24, 2.45) is 5.92 Å². The molecule has 0 saturated carbocycles. The van der Waals surface area contributed by atoms with Crippen LogP contribution >= 0.6 is 0 Å². The predicted molar refractivity (Wildman–Crippen MR) is 92.5 cm³/mol. The van der Waals surface area contributed by atoms with Gasteiger partial charge in [0.15, 0.2) is 0 Å². The molecule has 1 amide bonds. The van der Waals surface area contributed by atoms with Gasteiger partial charge >= 0.3 is 6.09 Å². The number of carbonyl (C=O) groups is 1. The van der Waals surface area contributed by atoms with E-state index >= 15 is 0 Å². The Morgan fingerprint density at radius 2 is 1.57 bits per heavy atom. The molecule has 2 aromatic carbocycles. The van der Waals surface area contributed by atoms with Crippen molar-refractivity contribution in [1.29, 1.82) is 0 Å². The number of ether oxygens (including phenoxy) is 1. The van der Waals surface area contributed by atoms with E-state index in [9.17, 15) is 4.79 Å². The maximum absolute atomic E-state index is 12.2. The summed E-state index contributed by atoms with van der Waals surface area (Å²) in [6.07, 6.45) is -0.249. The van der Waals surface area contributed by atoms with E-state index in [-0.39, 0.29) is 12.0 Å². The SMILES string of the molecule is CC(C)CN(C)C(=O)OCC1c2ccccc2-c2ccccc21. The number of nitrogens with zero attached hydrogens (tertiary/aromatic N) is 1. The smallest absolute Gasteiger partial charge is 0.409 e.